The molecular weight excluding hydrogens is 1400 g/mol. The predicted molar refractivity (Wildman–Crippen MR) is 443 cm³/mol. The molecule has 2 amide bonds. The lowest BCUT2D eigenvalue weighted by Gasteiger charge is -2.26. The van der Waals surface area contributed by atoms with Gasteiger partial charge in [-0.3, -0.25) is 14.5 Å². The highest BCUT2D eigenvalue weighted by Crippen LogP contribution is 2.49. The van der Waals surface area contributed by atoms with E-state index in [4.69, 9.17) is 51.4 Å². The number of nitrogens with two attached hydrogens (primary N) is 1. The van der Waals surface area contributed by atoms with Gasteiger partial charge in [-0.05, 0) is 70.1 Å². The van der Waals surface area contributed by atoms with Gasteiger partial charge in [-0.25, -0.2) is 0 Å². The van der Waals surface area contributed by atoms with Crippen LogP contribution < -0.4 is 5.73 Å². The van der Waals surface area contributed by atoms with Crippen LogP contribution in [0.15, 0.2) is 0 Å². The lowest BCUT2D eigenvalue weighted by Crippen LogP contribution is -2.30. The SMILES string of the molecule is C=P(O)(OC)OCC1OCCC1OP(=C)(O)OCCCCCCSC1CC(=O)N(CC)C1=O.C=P(O)(OCCCCCCN)OCC1OCCC1OP(=C)(O)OC.CCCCCCCCCCCCCCCCCCCCCCCCCCCCCCCCCCCCCCCCC.S.S. The number of imide groups is 1. The van der Waals surface area contributed by atoms with E-state index in [1.54, 1.807) is 11.8 Å². The van der Waals surface area contributed by atoms with Gasteiger partial charge < -0.3 is 71.0 Å². The van der Waals surface area contributed by atoms with Crippen LogP contribution in [0, 0.1) is 0 Å². The molecule has 0 aromatic rings. The van der Waals surface area contributed by atoms with Crippen molar-refractivity contribution in [3.63, 3.8) is 0 Å². The molecule has 3 heterocycles. The fourth-order valence-corrected chi connectivity index (χ4v) is 16.8. The van der Waals surface area contributed by atoms with Crippen LogP contribution in [0.1, 0.15) is 342 Å². The summed E-state index contributed by atoms with van der Waals surface area (Å²) in [4.78, 5) is 65.3. The van der Waals surface area contributed by atoms with E-state index in [2.05, 4.69) is 39.0 Å². The summed E-state index contributed by atoms with van der Waals surface area (Å²) in [6.07, 6.45) is 79.2. The number of amides is 2. The van der Waals surface area contributed by atoms with Crippen molar-refractivity contribution in [2.75, 3.05) is 72.7 Å². The third-order valence-electron chi connectivity index (χ3n) is 18.6. The first kappa shape index (κ1) is 103. The molecule has 0 saturated carbocycles. The summed E-state index contributed by atoms with van der Waals surface area (Å²) in [6, 6.07) is 0. The van der Waals surface area contributed by atoms with E-state index in [1.807, 2.05) is 6.92 Å². The van der Waals surface area contributed by atoms with Gasteiger partial charge in [0.2, 0.25) is 42.1 Å². The van der Waals surface area contributed by atoms with Crippen LogP contribution in [0.25, 0.3) is 0 Å². The Balaban J connectivity index is 0. The molecule has 0 spiro atoms. The summed E-state index contributed by atoms with van der Waals surface area (Å²) in [5, 5.41) is -0.239. The van der Waals surface area contributed by atoms with E-state index in [0.717, 1.165) is 57.1 Å². The number of likely N-dealkylation sites (tertiary alicyclic amines) is 1. The molecular formula is C75H156N2O16P4S3. The Labute approximate surface area is 631 Å². The zero-order valence-electron chi connectivity index (χ0n) is 64.3. The zero-order valence-corrected chi connectivity index (χ0v) is 70.7. The average Bonchev–Trinajstić information content (AvgIpc) is 1.70. The molecule has 3 aliphatic heterocycles. The molecule has 100 heavy (non-hydrogen) atoms. The van der Waals surface area contributed by atoms with Gasteiger partial charge in [0, 0.05) is 53.2 Å². The van der Waals surface area contributed by atoms with Gasteiger partial charge in [0.15, 0.2) is 0 Å². The van der Waals surface area contributed by atoms with Crippen molar-refractivity contribution in [3.8, 4) is 0 Å². The van der Waals surface area contributed by atoms with Crippen molar-refractivity contribution in [1.82, 2.24) is 4.90 Å². The van der Waals surface area contributed by atoms with Crippen molar-refractivity contribution in [1.29, 1.82) is 0 Å². The molecule has 25 heteroatoms. The number of ether oxygens (including phenoxy) is 2. The minimum atomic E-state index is -3.26. The molecule has 9 unspecified atom stereocenters. The molecule has 3 saturated heterocycles. The van der Waals surface area contributed by atoms with Crippen LogP contribution in [0.3, 0.4) is 0 Å². The fraction of sp³-hybridized carbons (Fsp3) is 0.920. The number of thioether (sulfide) groups is 1. The first-order valence-corrected chi connectivity index (χ1v) is 47.7. The van der Waals surface area contributed by atoms with Crippen LogP contribution in [-0.4, -0.2) is 164 Å². The van der Waals surface area contributed by atoms with Crippen LogP contribution >= 0.6 is 69.0 Å². The molecule has 9 atom stereocenters. The third kappa shape index (κ3) is 59.7. The maximum absolute atomic E-state index is 12.1. The highest BCUT2D eigenvalue weighted by atomic mass is 32.2. The average molecular weight is 1560 g/mol. The largest absolute Gasteiger partial charge is 0.373 e. The number of carbonyl (C=O) groups excluding carboxylic acids is 2. The van der Waals surface area contributed by atoms with Gasteiger partial charge >= 0.3 is 0 Å². The molecule has 3 rings (SSSR count). The number of carbonyl (C=O) groups is 2. The highest BCUT2D eigenvalue weighted by Gasteiger charge is 2.38. The lowest BCUT2D eigenvalue weighted by atomic mass is 10.0. The summed E-state index contributed by atoms with van der Waals surface area (Å²) >= 11 is 1.55. The summed E-state index contributed by atoms with van der Waals surface area (Å²) in [6.45, 7) is 9.28. The Morgan fingerprint density at radius 3 is 1.05 bits per heavy atom. The maximum Gasteiger partial charge on any atom is 0.248 e. The number of hydrogen-bond donors (Lipinski definition) is 5. The molecule has 0 bridgehead atoms. The highest BCUT2D eigenvalue weighted by molar-refractivity contribution is 8.00. The number of unbranched alkanes of at least 4 members (excludes halogenated alkanes) is 44. The predicted octanol–water partition coefficient (Wildman–Crippen LogP) is 20.9. The lowest BCUT2D eigenvalue weighted by molar-refractivity contribution is -0.137. The molecule has 0 radical (unpaired) electrons. The summed E-state index contributed by atoms with van der Waals surface area (Å²) in [7, 11) is -9.98. The molecule has 0 aliphatic carbocycles. The van der Waals surface area contributed by atoms with Gasteiger partial charge in [-0.1, -0.05) is 290 Å². The Bertz CT molecular complexity index is 2040. The Kier molecular flexibility index (Phi) is 71.0. The second-order valence-corrected chi connectivity index (χ2v) is 36.2. The number of rotatable bonds is 67. The van der Waals surface area contributed by atoms with E-state index in [1.165, 1.54) is 270 Å². The first-order valence-electron chi connectivity index (χ1n) is 39.6. The summed E-state index contributed by atoms with van der Waals surface area (Å²) < 4.78 is 53.3. The van der Waals surface area contributed by atoms with E-state index in [-0.39, 0.29) is 57.3 Å². The molecule has 3 fully saturated rings. The van der Waals surface area contributed by atoms with Crippen LogP contribution in [0.2, 0.25) is 0 Å². The minimum absolute atomic E-state index is 0. The van der Waals surface area contributed by atoms with Gasteiger partial charge in [-0.15, -0.1) is 11.8 Å². The van der Waals surface area contributed by atoms with Crippen molar-refractivity contribution in [3.05, 3.63) is 0 Å². The molecule has 600 valence electrons. The van der Waals surface area contributed by atoms with E-state index < -0.39 is 54.7 Å². The van der Waals surface area contributed by atoms with E-state index in [0.29, 0.717) is 58.8 Å². The first-order chi connectivity index (χ1) is 47.3. The van der Waals surface area contributed by atoms with Crippen molar-refractivity contribution < 1.29 is 74.8 Å². The smallest absolute Gasteiger partial charge is 0.248 e. The van der Waals surface area contributed by atoms with Crippen LogP contribution in [0.5, 0.6) is 0 Å². The molecule has 18 nitrogen and oxygen atoms in total. The second-order valence-electron chi connectivity index (χ2n) is 27.6. The third-order valence-corrected chi connectivity index (χ3v) is 24.5. The fourth-order valence-electron chi connectivity index (χ4n) is 12.4. The quantitative estimate of drug-likeness (QED) is 0.0216. The van der Waals surface area contributed by atoms with Gasteiger partial charge in [-0.2, -0.15) is 27.0 Å². The Morgan fingerprint density at radius 2 is 0.730 bits per heavy atom. The summed E-state index contributed by atoms with van der Waals surface area (Å²) in [5.74, 6) is 0.686. The standard InChI is InChI=1S/C41H84.C20H37NO9P2S.C14H31NO7P2.2H2S/c1-3-5-7-9-11-13-15-17-19-21-23-25-27-29-31-33-35-37-39-41-40-38-36-34-32-30-28-26-24-22-20-18-16-14-12-10-8-6-4-2;1-5-21-19(22)14-18(20(21)23)33-13-9-7-6-8-11-28-32(4,25)30-16-10-12-27-17(16)15-29-31(3,24)26-2;1-18-23(2,16)22-13-8-11-19-14(13)12-21-24(3,17)20-10-7-5-4-6-9-15;;/h3-41H2,1-2H3;16-18,24-25H,3-15H2,1-2H3;13-14,16-17H,2-12,15H2,1H3;2*1H2. The van der Waals surface area contributed by atoms with Gasteiger partial charge in [0.1, 0.15) is 12.2 Å². The molecule has 3 aliphatic rings. The Hall–Kier alpha value is 0.790. The molecule has 6 N–H and O–H groups in total. The van der Waals surface area contributed by atoms with Crippen molar-refractivity contribution in [2.45, 2.75) is 371 Å². The minimum Gasteiger partial charge on any atom is -0.373 e. The van der Waals surface area contributed by atoms with Crippen molar-refractivity contribution >= 4 is 106 Å². The second kappa shape index (κ2) is 69.0. The van der Waals surface area contributed by atoms with Crippen LogP contribution in [-0.2, 0) is 55.3 Å². The number of nitrogens with zero attached hydrogens (tertiary/aromatic N) is 1. The monoisotopic (exact) mass is 1560 g/mol. The van der Waals surface area contributed by atoms with Gasteiger partial charge in [0.25, 0.3) is 0 Å². The van der Waals surface area contributed by atoms with Gasteiger partial charge in [0.05, 0.1) is 43.9 Å². The van der Waals surface area contributed by atoms with E-state index >= 15 is 0 Å². The zero-order chi connectivity index (χ0) is 72.1. The Morgan fingerprint density at radius 1 is 0.430 bits per heavy atom. The molecule has 0 aromatic heterocycles. The van der Waals surface area contributed by atoms with Crippen molar-refractivity contribution in [2.24, 2.45) is 5.73 Å². The van der Waals surface area contributed by atoms with Crippen LogP contribution in [0.4, 0.5) is 0 Å². The number of hydrogen-bond acceptors (Lipinski definition) is 18. The molecule has 0 aromatic carbocycles. The normalized spacial score (nSPS) is 20.0. The summed E-state index contributed by atoms with van der Waals surface area (Å²) in [5.41, 5.74) is 5.43. The van der Waals surface area contributed by atoms with E-state index in [9.17, 15) is 29.2 Å². The maximum atomic E-state index is 12.1. The topological polar surface area (TPSA) is 237 Å².